The largest absolute Gasteiger partial charge is 0.389 e. The highest BCUT2D eigenvalue weighted by molar-refractivity contribution is 5.98. The molecule has 114 valence electrons. The fourth-order valence-corrected chi connectivity index (χ4v) is 2.78. The van der Waals surface area contributed by atoms with Crippen LogP contribution in [0.2, 0.25) is 0 Å². The number of nitrogens with one attached hydrogen (secondary N) is 1. The van der Waals surface area contributed by atoms with Gasteiger partial charge >= 0.3 is 0 Å². The lowest BCUT2D eigenvalue weighted by Crippen LogP contribution is -2.13. The number of ketones is 1. The Balaban J connectivity index is 1.74. The summed E-state index contributed by atoms with van der Waals surface area (Å²) in [4.78, 5) is 16.2. The molecule has 3 heteroatoms. The van der Waals surface area contributed by atoms with E-state index >= 15 is 0 Å². The molecule has 0 radical (unpaired) electrons. The van der Waals surface area contributed by atoms with Crippen LogP contribution in [0, 0.1) is 0 Å². The van der Waals surface area contributed by atoms with Crippen molar-refractivity contribution in [2.45, 2.75) is 39.5 Å². The number of carbonyl (C=O) groups is 1. The molecule has 0 spiro atoms. The Morgan fingerprint density at radius 1 is 1.27 bits per heavy atom. The van der Waals surface area contributed by atoms with Gasteiger partial charge in [0.05, 0.1) is 5.52 Å². The third kappa shape index (κ3) is 3.35. The summed E-state index contributed by atoms with van der Waals surface area (Å²) in [5, 5.41) is 4.54. The first-order valence-corrected chi connectivity index (χ1v) is 7.96. The highest BCUT2D eigenvalue weighted by Crippen LogP contribution is 2.30. The minimum absolute atomic E-state index is 0.111. The molecule has 0 aliphatic heterocycles. The Hall–Kier alpha value is -2.16. The van der Waals surface area contributed by atoms with E-state index < -0.39 is 0 Å². The van der Waals surface area contributed by atoms with Crippen molar-refractivity contribution >= 4 is 16.7 Å². The van der Waals surface area contributed by atoms with Crippen LogP contribution in [0.3, 0.4) is 0 Å². The minimum atomic E-state index is 0.111. The van der Waals surface area contributed by atoms with Crippen LogP contribution >= 0.6 is 0 Å². The Morgan fingerprint density at radius 3 is 2.82 bits per heavy atom. The van der Waals surface area contributed by atoms with Crippen LogP contribution in [0.4, 0.5) is 0 Å². The number of hydrogen-bond donors (Lipinski definition) is 1. The van der Waals surface area contributed by atoms with E-state index in [2.05, 4.69) is 17.2 Å². The average Bonchev–Trinajstić information content (AvgIpc) is 3.35. The average molecular weight is 294 g/mol. The molecule has 3 rings (SSSR count). The fraction of sp³-hybridized carbons (Fsp3) is 0.368. The van der Waals surface area contributed by atoms with Gasteiger partial charge in [0.2, 0.25) is 0 Å². The maximum absolute atomic E-state index is 11.7. The van der Waals surface area contributed by atoms with Crippen LogP contribution in [0.1, 0.15) is 49.0 Å². The highest BCUT2D eigenvalue weighted by Gasteiger charge is 2.14. The van der Waals surface area contributed by atoms with E-state index in [0.717, 1.165) is 35.9 Å². The summed E-state index contributed by atoms with van der Waals surface area (Å²) in [5.41, 5.74) is 5.87. The summed E-state index contributed by atoms with van der Waals surface area (Å²) in [7, 11) is 0. The van der Waals surface area contributed by atoms with Crippen LogP contribution in [0.15, 0.2) is 41.7 Å². The molecule has 0 atom stereocenters. The van der Waals surface area contributed by atoms with Crippen molar-refractivity contribution in [2.75, 3.05) is 6.54 Å². The lowest BCUT2D eigenvalue weighted by atomic mass is 10.00. The van der Waals surface area contributed by atoms with Crippen molar-refractivity contribution in [3.8, 4) is 0 Å². The second-order valence-corrected chi connectivity index (χ2v) is 6.03. The summed E-state index contributed by atoms with van der Waals surface area (Å²) in [5.74, 6) is 0.111. The van der Waals surface area contributed by atoms with Crippen LogP contribution in [0.25, 0.3) is 10.9 Å². The molecule has 2 aromatic rings. The maximum Gasteiger partial charge on any atom is 0.159 e. The van der Waals surface area contributed by atoms with Gasteiger partial charge in [-0.25, -0.2) is 0 Å². The van der Waals surface area contributed by atoms with Crippen LogP contribution in [-0.4, -0.2) is 17.3 Å². The molecule has 22 heavy (non-hydrogen) atoms. The molecule has 1 N–H and O–H groups in total. The molecule has 1 fully saturated rings. The van der Waals surface area contributed by atoms with E-state index in [1.165, 1.54) is 24.1 Å². The molecule has 1 aromatic carbocycles. The van der Waals surface area contributed by atoms with Gasteiger partial charge in [-0.15, -0.1) is 0 Å². The number of aromatic nitrogens is 1. The number of pyridine rings is 1. The fourth-order valence-electron chi connectivity index (χ4n) is 2.78. The molecule has 1 saturated carbocycles. The van der Waals surface area contributed by atoms with Crippen molar-refractivity contribution < 1.29 is 4.79 Å². The van der Waals surface area contributed by atoms with Crippen molar-refractivity contribution in [3.05, 3.63) is 52.9 Å². The molecular formula is C19H22N2O. The van der Waals surface area contributed by atoms with Crippen LogP contribution in [-0.2, 0) is 6.42 Å². The summed E-state index contributed by atoms with van der Waals surface area (Å²) >= 11 is 0. The molecule has 1 aromatic heterocycles. The van der Waals surface area contributed by atoms with Gasteiger partial charge in [-0.05, 0) is 63.3 Å². The number of rotatable bonds is 6. The number of nitrogens with zero attached hydrogens (tertiary/aromatic N) is 1. The van der Waals surface area contributed by atoms with E-state index in [9.17, 15) is 4.79 Å². The van der Waals surface area contributed by atoms with Crippen LogP contribution in [0.5, 0.6) is 0 Å². The minimum Gasteiger partial charge on any atom is -0.389 e. The van der Waals surface area contributed by atoms with Gasteiger partial charge in [0, 0.05) is 29.4 Å². The second-order valence-electron chi connectivity index (χ2n) is 6.03. The monoisotopic (exact) mass is 294 g/mol. The summed E-state index contributed by atoms with van der Waals surface area (Å²) in [6, 6.07) is 7.89. The number of hydrogen-bond acceptors (Lipinski definition) is 3. The zero-order chi connectivity index (χ0) is 15.5. The standard InChI is InChI=1S/C19H22N2O/c1-13(15-7-8-15)20-9-3-5-16-11-18(14(2)22)12-17-6-4-10-21-19(16)17/h4,6,10-12,20H,3,5,7-9H2,1-2H3. The number of allylic oxidation sites excluding steroid dienone is 2. The first kappa shape index (κ1) is 14.8. The molecule has 0 unspecified atom stereocenters. The van der Waals surface area contributed by atoms with E-state index in [-0.39, 0.29) is 5.78 Å². The lowest BCUT2D eigenvalue weighted by molar-refractivity contribution is 0.101. The summed E-state index contributed by atoms with van der Waals surface area (Å²) < 4.78 is 0. The van der Waals surface area contributed by atoms with Crippen molar-refractivity contribution in [1.29, 1.82) is 0 Å². The highest BCUT2D eigenvalue weighted by atomic mass is 16.1. The molecule has 1 aliphatic carbocycles. The predicted octanol–water partition coefficient (Wildman–Crippen LogP) is 4.03. The topological polar surface area (TPSA) is 42.0 Å². The zero-order valence-corrected chi connectivity index (χ0v) is 13.3. The quantitative estimate of drug-likeness (QED) is 0.646. The number of carbonyl (C=O) groups excluding carboxylic acids is 1. The van der Waals surface area contributed by atoms with Gasteiger partial charge < -0.3 is 5.32 Å². The van der Waals surface area contributed by atoms with Crippen LogP contribution < -0.4 is 5.32 Å². The first-order valence-electron chi connectivity index (χ1n) is 7.96. The Bertz CT molecular complexity index is 740. The van der Waals surface area contributed by atoms with E-state index in [1.807, 2.05) is 30.5 Å². The number of fused-ring (bicyclic) bond motifs is 1. The molecule has 3 nitrogen and oxygen atoms in total. The van der Waals surface area contributed by atoms with Gasteiger partial charge in [-0.3, -0.25) is 9.78 Å². The number of aryl methyl sites for hydroxylation is 1. The SMILES string of the molecule is CC(=O)c1cc(CCCNC(C)=C2CC2)c2ncccc2c1. The van der Waals surface area contributed by atoms with Gasteiger partial charge in [-0.2, -0.15) is 0 Å². The molecule has 0 amide bonds. The summed E-state index contributed by atoms with van der Waals surface area (Å²) in [6.45, 7) is 4.75. The van der Waals surface area contributed by atoms with E-state index in [0.29, 0.717) is 0 Å². The maximum atomic E-state index is 11.7. The zero-order valence-electron chi connectivity index (χ0n) is 13.3. The van der Waals surface area contributed by atoms with Gasteiger partial charge in [0.25, 0.3) is 0 Å². The Kier molecular flexibility index (Phi) is 4.23. The van der Waals surface area contributed by atoms with E-state index in [1.54, 1.807) is 12.5 Å². The second kappa shape index (κ2) is 6.30. The molecule has 0 saturated heterocycles. The van der Waals surface area contributed by atoms with Crippen molar-refractivity contribution in [1.82, 2.24) is 10.3 Å². The van der Waals surface area contributed by atoms with E-state index in [4.69, 9.17) is 0 Å². The third-order valence-electron chi connectivity index (χ3n) is 4.23. The molecular weight excluding hydrogens is 272 g/mol. The van der Waals surface area contributed by atoms with Gasteiger partial charge in [0.1, 0.15) is 0 Å². The number of Topliss-reactive ketones (excluding diaryl/α,β-unsaturated/α-hetero) is 1. The Morgan fingerprint density at radius 2 is 2.09 bits per heavy atom. The van der Waals surface area contributed by atoms with Gasteiger partial charge in [0.15, 0.2) is 5.78 Å². The predicted molar refractivity (Wildman–Crippen MR) is 90.0 cm³/mol. The van der Waals surface area contributed by atoms with Crippen molar-refractivity contribution in [3.63, 3.8) is 0 Å². The smallest absolute Gasteiger partial charge is 0.159 e. The lowest BCUT2D eigenvalue weighted by Gasteiger charge is -2.10. The first-order chi connectivity index (χ1) is 10.6. The molecule has 1 aliphatic rings. The summed E-state index contributed by atoms with van der Waals surface area (Å²) in [6.07, 6.45) is 6.31. The molecule has 1 heterocycles. The van der Waals surface area contributed by atoms with Crippen molar-refractivity contribution in [2.24, 2.45) is 0 Å². The van der Waals surface area contributed by atoms with Gasteiger partial charge in [-0.1, -0.05) is 11.6 Å². The third-order valence-corrected chi connectivity index (χ3v) is 4.23. The molecule has 0 bridgehead atoms. The normalized spacial score (nSPS) is 13.3. The number of benzene rings is 1. The Labute approximate surface area is 131 Å².